The molecular weight excluding hydrogens is 659 g/mol. The van der Waals surface area contributed by atoms with Crippen molar-refractivity contribution >= 4 is 56.1 Å². The van der Waals surface area contributed by atoms with E-state index in [4.69, 9.17) is 9.97 Å². The van der Waals surface area contributed by atoms with E-state index in [2.05, 4.69) is 177 Å². The third-order valence-corrected chi connectivity index (χ3v) is 12.8. The summed E-state index contributed by atoms with van der Waals surface area (Å²) < 4.78 is 2.31. The average Bonchev–Trinajstić information content (AvgIpc) is 3.51. The highest BCUT2D eigenvalue weighted by Crippen LogP contribution is 2.62. The predicted molar refractivity (Wildman–Crippen MR) is 222 cm³/mol. The third-order valence-electron chi connectivity index (χ3n) is 12.8. The van der Waals surface area contributed by atoms with E-state index in [9.17, 15) is 0 Å². The molecule has 0 saturated heterocycles. The molecule has 0 fully saturated rings. The minimum atomic E-state index is -0.247. The second kappa shape index (κ2) is 10.5. The predicted octanol–water partition coefficient (Wildman–Crippen LogP) is 12.4. The number of pyridine rings is 2. The van der Waals surface area contributed by atoms with Crippen LogP contribution in [0.2, 0.25) is 0 Å². The smallest absolute Gasteiger partial charge is 0.141 e. The van der Waals surface area contributed by atoms with E-state index in [1.807, 2.05) is 18.5 Å². The highest BCUT2D eigenvalue weighted by Gasteiger charge is 2.48. The summed E-state index contributed by atoms with van der Waals surface area (Å²) in [5.74, 6) is 1.92. The number of fused-ring (bicyclic) bond motifs is 9. The van der Waals surface area contributed by atoms with E-state index >= 15 is 0 Å². The summed E-state index contributed by atoms with van der Waals surface area (Å²) in [5, 5.41) is 2.43. The van der Waals surface area contributed by atoms with Gasteiger partial charge >= 0.3 is 0 Å². The van der Waals surface area contributed by atoms with Crippen molar-refractivity contribution in [2.75, 3.05) is 9.80 Å². The van der Waals surface area contributed by atoms with E-state index in [0.717, 1.165) is 28.4 Å². The summed E-state index contributed by atoms with van der Waals surface area (Å²) in [5.41, 5.74) is 15.4. The maximum absolute atomic E-state index is 5.14. The molecule has 0 amide bonds. The van der Waals surface area contributed by atoms with Gasteiger partial charge in [0, 0.05) is 50.7 Å². The zero-order valence-corrected chi connectivity index (χ0v) is 31.5. The summed E-state index contributed by atoms with van der Waals surface area (Å²) in [6.07, 6.45) is 3.82. The quantitative estimate of drug-likeness (QED) is 0.180. The lowest BCUT2D eigenvalue weighted by atomic mass is 9.65. The van der Waals surface area contributed by atoms with Crippen LogP contribution in [0.25, 0.3) is 27.6 Å². The number of benzene rings is 5. The largest absolute Gasteiger partial charge is 0.310 e. The summed E-state index contributed by atoms with van der Waals surface area (Å²) in [7, 11) is 0. The fourth-order valence-corrected chi connectivity index (χ4v) is 10.0. The lowest BCUT2D eigenvalue weighted by Gasteiger charge is -2.50. The van der Waals surface area contributed by atoms with Crippen LogP contribution in [0.1, 0.15) is 74.9 Å². The number of rotatable bonds is 2. The Bertz CT molecular complexity index is 2880. The number of nitrogens with zero attached hydrogens (tertiary/aromatic N) is 5. The number of hydrogen-bond donors (Lipinski definition) is 0. The van der Waals surface area contributed by atoms with Gasteiger partial charge in [-0.1, -0.05) is 114 Å². The van der Waals surface area contributed by atoms with Crippen LogP contribution in [0.5, 0.6) is 0 Å². The fourth-order valence-electron chi connectivity index (χ4n) is 10.0. The topological polar surface area (TPSA) is 37.2 Å². The Kier molecular flexibility index (Phi) is 6.08. The molecule has 0 aliphatic carbocycles. The first-order valence-electron chi connectivity index (χ1n) is 19.0. The van der Waals surface area contributed by atoms with Gasteiger partial charge in [-0.2, -0.15) is 0 Å². The molecule has 0 saturated carbocycles. The number of aromatic nitrogens is 3. The Morgan fingerprint density at radius 1 is 0.426 bits per heavy atom. The minimum absolute atomic E-state index is 0.193. The van der Waals surface area contributed by atoms with Gasteiger partial charge < -0.3 is 4.90 Å². The van der Waals surface area contributed by atoms with Crippen LogP contribution >= 0.6 is 0 Å². The molecule has 0 atom stereocenters. The third kappa shape index (κ3) is 3.89. The lowest BCUT2D eigenvalue weighted by molar-refractivity contribution is 0.587. The molecule has 0 bridgehead atoms. The normalized spacial score (nSPS) is 16.7. The number of hydrogen-bond acceptors (Lipinski definition) is 4. The Morgan fingerprint density at radius 3 is 1.85 bits per heavy atom. The zero-order valence-electron chi connectivity index (χ0n) is 31.5. The summed E-state index contributed by atoms with van der Waals surface area (Å²) >= 11 is 0. The van der Waals surface area contributed by atoms with Crippen molar-refractivity contribution < 1.29 is 0 Å². The van der Waals surface area contributed by atoms with Crippen LogP contribution in [0.15, 0.2) is 140 Å². The van der Waals surface area contributed by atoms with Gasteiger partial charge in [-0.25, -0.2) is 9.97 Å². The van der Waals surface area contributed by atoms with Crippen LogP contribution in [-0.4, -0.2) is 14.5 Å². The molecule has 262 valence electrons. The Hall–Kier alpha value is -6.20. The molecule has 8 aromatic rings. The molecular formula is C49H41N5. The van der Waals surface area contributed by atoms with Crippen molar-refractivity contribution in [3.8, 4) is 5.82 Å². The molecule has 6 heterocycles. The molecule has 3 aliphatic heterocycles. The second-order valence-corrected chi connectivity index (χ2v) is 16.8. The van der Waals surface area contributed by atoms with E-state index in [-0.39, 0.29) is 16.2 Å². The molecule has 54 heavy (non-hydrogen) atoms. The standard InChI is InChI=1S/C49H41N5/c1-47(2)33-16-8-10-21-40(33)52(30-23-24-32-31-15-7-9-20-39(31)53(41(32)27-30)44-22-11-12-25-50-44)42-29-43-38(28-37(42)47)49(5,6)35-18-13-17-34-45(35)54(43)46-36(48(34,3)4)19-14-26-51-46/h7-29H,1-6H3. The van der Waals surface area contributed by atoms with E-state index in [1.54, 1.807) is 0 Å². The molecule has 5 aromatic carbocycles. The molecule has 3 aliphatic rings. The first kappa shape index (κ1) is 31.3. The summed E-state index contributed by atoms with van der Waals surface area (Å²) in [4.78, 5) is 14.9. The minimum Gasteiger partial charge on any atom is -0.310 e. The van der Waals surface area contributed by atoms with Gasteiger partial charge in [0.05, 0.1) is 33.8 Å². The second-order valence-electron chi connectivity index (χ2n) is 16.8. The number of anilines is 6. The van der Waals surface area contributed by atoms with Crippen LogP contribution in [0.4, 0.5) is 34.3 Å². The monoisotopic (exact) mass is 699 g/mol. The fraction of sp³-hybridized carbons (Fsp3) is 0.184. The maximum Gasteiger partial charge on any atom is 0.141 e. The van der Waals surface area contributed by atoms with Crippen LogP contribution in [-0.2, 0) is 16.2 Å². The van der Waals surface area contributed by atoms with Crippen molar-refractivity contribution in [2.45, 2.75) is 57.8 Å². The van der Waals surface area contributed by atoms with Crippen LogP contribution in [0, 0.1) is 0 Å². The van der Waals surface area contributed by atoms with Crippen molar-refractivity contribution in [3.63, 3.8) is 0 Å². The Balaban J connectivity index is 1.22. The van der Waals surface area contributed by atoms with Crippen LogP contribution < -0.4 is 9.80 Å². The Morgan fingerprint density at radius 2 is 1.06 bits per heavy atom. The van der Waals surface area contributed by atoms with Gasteiger partial charge in [0.15, 0.2) is 0 Å². The zero-order chi connectivity index (χ0) is 36.7. The molecule has 11 rings (SSSR count). The van der Waals surface area contributed by atoms with Gasteiger partial charge in [-0.05, 0) is 82.4 Å². The number of para-hydroxylation sites is 3. The van der Waals surface area contributed by atoms with E-state index in [0.29, 0.717) is 0 Å². The first-order valence-corrected chi connectivity index (χ1v) is 19.0. The van der Waals surface area contributed by atoms with Gasteiger partial charge in [0.1, 0.15) is 11.6 Å². The van der Waals surface area contributed by atoms with Gasteiger partial charge in [-0.3, -0.25) is 9.47 Å². The van der Waals surface area contributed by atoms with Crippen molar-refractivity contribution in [1.29, 1.82) is 0 Å². The molecule has 5 heteroatoms. The van der Waals surface area contributed by atoms with E-state index in [1.165, 1.54) is 66.9 Å². The highest BCUT2D eigenvalue weighted by molar-refractivity contribution is 6.10. The molecule has 0 unspecified atom stereocenters. The van der Waals surface area contributed by atoms with Crippen molar-refractivity contribution in [2.24, 2.45) is 0 Å². The lowest BCUT2D eigenvalue weighted by Crippen LogP contribution is -2.39. The summed E-state index contributed by atoms with van der Waals surface area (Å²) in [6, 6.07) is 47.0. The highest BCUT2D eigenvalue weighted by atomic mass is 15.2. The SMILES string of the molecule is CC1(C)c2ccccc2N(c2ccc3c4ccccc4n(-c4ccccn4)c3c2)c2cc3c(cc21)C(C)(C)c1cccc2c1N3c1ncccc1C2(C)C. The molecule has 0 spiro atoms. The molecule has 5 nitrogen and oxygen atoms in total. The average molecular weight is 700 g/mol. The molecule has 3 aromatic heterocycles. The first-order chi connectivity index (χ1) is 26.1. The van der Waals surface area contributed by atoms with Crippen molar-refractivity contribution in [3.05, 3.63) is 173 Å². The molecule has 0 N–H and O–H groups in total. The summed E-state index contributed by atoms with van der Waals surface area (Å²) in [6.45, 7) is 14.3. The van der Waals surface area contributed by atoms with Gasteiger partial charge in [0.2, 0.25) is 0 Å². The van der Waals surface area contributed by atoms with Gasteiger partial charge in [-0.15, -0.1) is 0 Å². The maximum atomic E-state index is 5.14. The molecule has 0 radical (unpaired) electrons. The van der Waals surface area contributed by atoms with Gasteiger partial charge in [0.25, 0.3) is 0 Å². The van der Waals surface area contributed by atoms with Crippen LogP contribution in [0.3, 0.4) is 0 Å². The van der Waals surface area contributed by atoms with Crippen molar-refractivity contribution in [1.82, 2.24) is 14.5 Å². The Labute approximate surface area is 316 Å². The van der Waals surface area contributed by atoms with E-state index < -0.39 is 0 Å².